The number of rotatable bonds is 14. The molecule has 2 amide bonds. The first-order chi connectivity index (χ1) is 22.5. The first-order valence-corrected chi connectivity index (χ1v) is 15.1. The molecule has 0 heterocycles. The van der Waals surface area contributed by atoms with Crippen LogP contribution in [0, 0.1) is 0 Å². The number of para-hydroxylation sites is 4. The molecule has 0 atom stereocenters. The molecule has 8 nitrogen and oxygen atoms in total. The highest BCUT2D eigenvalue weighted by molar-refractivity contribution is 5.96. The summed E-state index contributed by atoms with van der Waals surface area (Å²) in [7, 11) is 1.59. The van der Waals surface area contributed by atoms with Crippen molar-refractivity contribution in [2.75, 3.05) is 12.0 Å². The molecule has 0 spiro atoms. The van der Waals surface area contributed by atoms with Gasteiger partial charge in [0, 0.05) is 31.5 Å². The van der Waals surface area contributed by atoms with E-state index in [4.69, 9.17) is 19.9 Å². The monoisotopic (exact) mass is 615 g/mol. The van der Waals surface area contributed by atoms with Gasteiger partial charge < -0.3 is 30.2 Å². The summed E-state index contributed by atoms with van der Waals surface area (Å²) in [5.74, 6) is 2.78. The van der Waals surface area contributed by atoms with E-state index < -0.39 is 0 Å². The first-order valence-electron chi connectivity index (χ1n) is 15.1. The normalized spacial score (nSPS) is 10.6. The summed E-state index contributed by atoms with van der Waals surface area (Å²) in [5.41, 5.74) is 9.10. The Bertz CT molecular complexity index is 1740. The van der Waals surface area contributed by atoms with Crippen LogP contribution in [0.15, 0.2) is 127 Å². The van der Waals surface area contributed by atoms with E-state index in [1.165, 1.54) is 0 Å². The zero-order valence-electron chi connectivity index (χ0n) is 25.7. The zero-order chi connectivity index (χ0) is 32.1. The molecule has 5 rings (SSSR count). The molecule has 8 heteroatoms. The van der Waals surface area contributed by atoms with Gasteiger partial charge >= 0.3 is 0 Å². The highest BCUT2D eigenvalue weighted by atomic mass is 16.5. The lowest BCUT2D eigenvalue weighted by atomic mass is 10.1. The summed E-state index contributed by atoms with van der Waals surface area (Å²) in [6.45, 7) is 0.944. The largest absolute Gasteiger partial charge is 0.496 e. The van der Waals surface area contributed by atoms with Gasteiger partial charge in [-0.1, -0.05) is 72.8 Å². The minimum absolute atomic E-state index is 0.00392. The lowest BCUT2D eigenvalue weighted by molar-refractivity contribution is -0.125. The van der Waals surface area contributed by atoms with E-state index in [1.807, 2.05) is 127 Å². The Labute approximate surface area is 269 Å². The van der Waals surface area contributed by atoms with Gasteiger partial charge in [0.1, 0.15) is 23.0 Å². The number of anilines is 1. The number of hydrogen-bond acceptors (Lipinski definition) is 6. The summed E-state index contributed by atoms with van der Waals surface area (Å²) in [4.78, 5) is 28.3. The number of nitrogens with two attached hydrogens (primary N) is 1. The van der Waals surface area contributed by atoms with Crippen molar-refractivity contribution in [2.45, 2.75) is 32.5 Å². The maximum atomic E-state index is 13.9. The molecule has 5 aromatic rings. The van der Waals surface area contributed by atoms with E-state index in [0.717, 1.165) is 22.4 Å². The summed E-state index contributed by atoms with van der Waals surface area (Å²) in [5, 5.41) is 2.90. The molecule has 0 bridgehead atoms. The Morgan fingerprint density at radius 2 is 1.35 bits per heavy atom. The van der Waals surface area contributed by atoms with E-state index in [1.54, 1.807) is 12.0 Å². The fraction of sp³-hybridized carbons (Fsp3) is 0.158. The Kier molecular flexibility index (Phi) is 11.0. The molecule has 0 aliphatic carbocycles. The van der Waals surface area contributed by atoms with Crippen LogP contribution < -0.4 is 30.2 Å². The molecule has 0 fully saturated rings. The third kappa shape index (κ3) is 8.74. The molecule has 0 saturated heterocycles. The molecule has 0 saturated carbocycles. The van der Waals surface area contributed by atoms with Crippen molar-refractivity contribution in [2.24, 2.45) is 5.73 Å². The standard InChI is InChI=1S/C38H37N3O5/c1-44-35-16-7-5-11-30(35)26-40-37(42)22-23-38(43)41(27-28-18-20-32(21-19-28)45-31-12-3-2-4-13-31)34-15-6-8-17-36(34)46-33-14-9-10-29(24-33)25-39/h2-21,24H,22-23,25-27,39H2,1H3,(H,40,42). The van der Waals surface area contributed by atoms with Gasteiger partial charge in [-0.25, -0.2) is 0 Å². The van der Waals surface area contributed by atoms with Gasteiger partial charge in [0.25, 0.3) is 0 Å². The van der Waals surface area contributed by atoms with Gasteiger partial charge in [-0.15, -0.1) is 0 Å². The first kappa shape index (κ1) is 31.8. The molecule has 0 radical (unpaired) electrons. The van der Waals surface area contributed by atoms with Crippen LogP contribution in [0.1, 0.15) is 29.5 Å². The minimum atomic E-state index is -0.232. The molecule has 3 N–H and O–H groups in total. The van der Waals surface area contributed by atoms with Crippen molar-refractivity contribution in [1.29, 1.82) is 0 Å². The van der Waals surface area contributed by atoms with Crippen molar-refractivity contribution < 1.29 is 23.8 Å². The van der Waals surface area contributed by atoms with Gasteiger partial charge in [0.05, 0.1) is 19.3 Å². The van der Waals surface area contributed by atoms with Crippen LogP contribution in [-0.2, 0) is 29.2 Å². The maximum absolute atomic E-state index is 13.9. The molecule has 234 valence electrons. The SMILES string of the molecule is COc1ccccc1CNC(=O)CCC(=O)N(Cc1ccc(Oc2ccccc2)cc1)c1ccccc1Oc1cccc(CN)c1. The quantitative estimate of drug-likeness (QED) is 0.135. The third-order valence-electron chi connectivity index (χ3n) is 7.30. The molecule has 0 aliphatic heterocycles. The number of methoxy groups -OCH3 is 1. The number of carbonyl (C=O) groups is 2. The van der Waals surface area contributed by atoms with E-state index in [9.17, 15) is 9.59 Å². The topological polar surface area (TPSA) is 103 Å². The molecular formula is C38H37N3O5. The smallest absolute Gasteiger partial charge is 0.227 e. The minimum Gasteiger partial charge on any atom is -0.496 e. The van der Waals surface area contributed by atoms with Crippen molar-refractivity contribution >= 4 is 17.5 Å². The van der Waals surface area contributed by atoms with Crippen LogP contribution >= 0.6 is 0 Å². The van der Waals surface area contributed by atoms with E-state index in [0.29, 0.717) is 41.8 Å². The van der Waals surface area contributed by atoms with Gasteiger partial charge in [0.2, 0.25) is 11.8 Å². The number of nitrogens with one attached hydrogen (secondary N) is 1. The Hall–Kier alpha value is -5.60. The van der Waals surface area contributed by atoms with Crippen LogP contribution in [0.2, 0.25) is 0 Å². The van der Waals surface area contributed by atoms with E-state index in [2.05, 4.69) is 5.32 Å². The summed E-state index contributed by atoms with van der Waals surface area (Å²) < 4.78 is 17.6. The summed E-state index contributed by atoms with van der Waals surface area (Å²) in [6.07, 6.45) is 0.0276. The number of amides is 2. The molecule has 0 unspecified atom stereocenters. The van der Waals surface area contributed by atoms with E-state index in [-0.39, 0.29) is 31.2 Å². The van der Waals surface area contributed by atoms with Crippen LogP contribution in [-0.4, -0.2) is 18.9 Å². The van der Waals surface area contributed by atoms with Gasteiger partial charge in [-0.2, -0.15) is 0 Å². The third-order valence-corrected chi connectivity index (χ3v) is 7.30. The molecule has 0 aliphatic rings. The number of nitrogens with zero attached hydrogens (tertiary/aromatic N) is 1. The second kappa shape index (κ2) is 15.9. The predicted molar refractivity (Wildman–Crippen MR) is 179 cm³/mol. The van der Waals surface area contributed by atoms with Gasteiger partial charge in [-0.3, -0.25) is 9.59 Å². The van der Waals surface area contributed by atoms with Gasteiger partial charge in [-0.05, 0) is 65.7 Å². The van der Waals surface area contributed by atoms with Crippen molar-refractivity contribution in [3.05, 3.63) is 144 Å². The second-order valence-electron chi connectivity index (χ2n) is 10.5. The Morgan fingerprint density at radius 3 is 2.11 bits per heavy atom. The van der Waals surface area contributed by atoms with Crippen LogP contribution in [0.4, 0.5) is 5.69 Å². The van der Waals surface area contributed by atoms with Crippen LogP contribution in [0.5, 0.6) is 28.7 Å². The number of carbonyl (C=O) groups excluding carboxylic acids is 2. The molecule has 0 aromatic heterocycles. The van der Waals surface area contributed by atoms with Crippen LogP contribution in [0.25, 0.3) is 0 Å². The Morgan fingerprint density at radius 1 is 0.674 bits per heavy atom. The number of benzene rings is 5. The molecule has 46 heavy (non-hydrogen) atoms. The summed E-state index contributed by atoms with van der Waals surface area (Å²) >= 11 is 0. The maximum Gasteiger partial charge on any atom is 0.227 e. The zero-order valence-corrected chi connectivity index (χ0v) is 25.7. The number of hydrogen-bond donors (Lipinski definition) is 2. The highest BCUT2D eigenvalue weighted by Crippen LogP contribution is 2.34. The fourth-order valence-electron chi connectivity index (χ4n) is 4.89. The molecule has 5 aromatic carbocycles. The van der Waals surface area contributed by atoms with E-state index >= 15 is 0 Å². The molecular weight excluding hydrogens is 578 g/mol. The average molecular weight is 616 g/mol. The van der Waals surface area contributed by atoms with Crippen molar-refractivity contribution in [3.8, 4) is 28.7 Å². The highest BCUT2D eigenvalue weighted by Gasteiger charge is 2.21. The Balaban J connectivity index is 1.33. The van der Waals surface area contributed by atoms with Crippen molar-refractivity contribution in [3.63, 3.8) is 0 Å². The average Bonchev–Trinajstić information content (AvgIpc) is 3.10. The fourth-order valence-corrected chi connectivity index (χ4v) is 4.89. The van der Waals surface area contributed by atoms with Gasteiger partial charge in [0.15, 0.2) is 5.75 Å². The summed E-state index contributed by atoms with van der Waals surface area (Å²) in [6, 6.07) is 39.5. The lowest BCUT2D eigenvalue weighted by Crippen LogP contribution is -2.32. The van der Waals surface area contributed by atoms with Crippen molar-refractivity contribution in [1.82, 2.24) is 5.32 Å². The predicted octanol–water partition coefficient (Wildman–Crippen LogP) is 7.37. The van der Waals surface area contributed by atoms with Crippen LogP contribution in [0.3, 0.4) is 0 Å². The second-order valence-corrected chi connectivity index (χ2v) is 10.5. The lowest BCUT2D eigenvalue weighted by Gasteiger charge is -2.25. The number of ether oxygens (including phenoxy) is 3.